The predicted molar refractivity (Wildman–Crippen MR) is 80.7 cm³/mol. The molecule has 1 aliphatic carbocycles. The number of benzene rings is 1. The minimum atomic E-state index is -0.631. The van der Waals surface area contributed by atoms with Crippen LogP contribution >= 0.6 is 0 Å². The van der Waals surface area contributed by atoms with Crippen molar-refractivity contribution in [2.75, 3.05) is 11.9 Å². The Morgan fingerprint density at radius 1 is 1.32 bits per heavy atom. The molecule has 4 rings (SSSR count). The Hall–Kier alpha value is -1.75. The largest absolute Gasteiger partial charge is 0.381 e. The molecule has 0 radical (unpaired) electrons. The third-order valence-corrected chi connectivity index (χ3v) is 5.17. The number of ether oxygens (including phenoxy) is 1. The number of pyridine rings is 1. The average Bonchev–Trinajstić information content (AvgIpc) is 2.92. The maximum absolute atomic E-state index is 13.9. The fourth-order valence-electron chi connectivity index (χ4n) is 4.09. The van der Waals surface area contributed by atoms with Gasteiger partial charge >= 0.3 is 0 Å². The van der Waals surface area contributed by atoms with E-state index in [1.165, 1.54) is 6.07 Å². The number of hydrogen-bond acceptors (Lipinski definition) is 3. The van der Waals surface area contributed by atoms with E-state index in [0.29, 0.717) is 11.3 Å². The van der Waals surface area contributed by atoms with Gasteiger partial charge in [0.2, 0.25) is 0 Å². The summed E-state index contributed by atoms with van der Waals surface area (Å²) in [7, 11) is 0. The summed E-state index contributed by atoms with van der Waals surface area (Å²) in [6.07, 6.45) is 2.85. The fraction of sp³-hybridized carbons (Fsp3) is 0.471. The zero-order valence-electron chi connectivity index (χ0n) is 12.6. The van der Waals surface area contributed by atoms with Crippen molar-refractivity contribution in [3.8, 4) is 0 Å². The summed E-state index contributed by atoms with van der Waals surface area (Å²) in [4.78, 5) is 4.03. The number of nitrogens with one attached hydrogen (secondary N) is 1. The van der Waals surface area contributed by atoms with Gasteiger partial charge in [0.1, 0.15) is 11.3 Å². The van der Waals surface area contributed by atoms with Gasteiger partial charge in [0, 0.05) is 47.3 Å². The minimum Gasteiger partial charge on any atom is -0.381 e. The molecule has 3 unspecified atom stereocenters. The molecule has 1 aromatic carbocycles. The van der Waals surface area contributed by atoms with Crippen LogP contribution in [0.5, 0.6) is 0 Å². The van der Waals surface area contributed by atoms with E-state index in [0.717, 1.165) is 24.8 Å². The van der Waals surface area contributed by atoms with Crippen molar-refractivity contribution in [2.45, 2.75) is 32.4 Å². The molecule has 1 N–H and O–H groups in total. The normalized spacial score (nSPS) is 29.2. The van der Waals surface area contributed by atoms with Crippen molar-refractivity contribution in [3.05, 3.63) is 36.0 Å². The maximum atomic E-state index is 13.9. The molecule has 5 heteroatoms. The Bertz CT molecular complexity index is 747. The summed E-state index contributed by atoms with van der Waals surface area (Å²) in [5.41, 5.74) is 0.928. The van der Waals surface area contributed by atoms with Gasteiger partial charge in [-0.1, -0.05) is 13.8 Å². The highest BCUT2D eigenvalue weighted by atomic mass is 19.1. The highest BCUT2D eigenvalue weighted by Crippen LogP contribution is 2.53. The van der Waals surface area contributed by atoms with Crippen molar-refractivity contribution < 1.29 is 13.5 Å². The van der Waals surface area contributed by atoms with Crippen LogP contribution in [0.1, 0.15) is 20.3 Å². The summed E-state index contributed by atoms with van der Waals surface area (Å²) >= 11 is 0. The van der Waals surface area contributed by atoms with Crippen LogP contribution in [-0.4, -0.2) is 23.7 Å². The molecule has 0 spiro atoms. The first-order valence-corrected chi connectivity index (χ1v) is 7.60. The molecular weight excluding hydrogens is 286 g/mol. The molecule has 2 heterocycles. The van der Waals surface area contributed by atoms with Gasteiger partial charge in [-0.3, -0.25) is 4.98 Å². The van der Waals surface area contributed by atoms with Crippen LogP contribution < -0.4 is 5.32 Å². The van der Waals surface area contributed by atoms with Crippen LogP contribution in [0.2, 0.25) is 0 Å². The number of nitrogens with zero attached hydrogens (tertiary/aromatic N) is 1. The molecule has 1 saturated carbocycles. The maximum Gasteiger partial charge on any atom is 0.152 e. The van der Waals surface area contributed by atoms with Crippen molar-refractivity contribution in [1.82, 2.24) is 4.98 Å². The highest BCUT2D eigenvalue weighted by Gasteiger charge is 2.59. The van der Waals surface area contributed by atoms with E-state index >= 15 is 0 Å². The van der Waals surface area contributed by atoms with Gasteiger partial charge in [-0.05, 0) is 18.6 Å². The lowest BCUT2D eigenvalue weighted by molar-refractivity contribution is -0.0922. The number of rotatable bonds is 2. The van der Waals surface area contributed by atoms with Gasteiger partial charge in [-0.25, -0.2) is 8.78 Å². The summed E-state index contributed by atoms with van der Waals surface area (Å²) < 4.78 is 33.2. The Labute approximate surface area is 127 Å². The molecule has 1 saturated heterocycles. The standard InChI is InChI=1S/C17H18F2N2O/c1-17(2)15(10-4-6-22-16(10)17)21-13-3-5-20-14-11(13)7-9(18)8-12(14)19/h3,5,7-8,10,15-16H,4,6H2,1-2H3,(H,20,21). The molecule has 0 bridgehead atoms. The first-order valence-electron chi connectivity index (χ1n) is 7.60. The molecule has 2 fully saturated rings. The van der Waals surface area contributed by atoms with Gasteiger partial charge in [0.25, 0.3) is 0 Å². The predicted octanol–water partition coefficient (Wildman–Crippen LogP) is 3.74. The molecule has 22 heavy (non-hydrogen) atoms. The third kappa shape index (κ3) is 1.85. The van der Waals surface area contributed by atoms with Gasteiger partial charge < -0.3 is 10.1 Å². The molecular formula is C17H18F2N2O. The Morgan fingerprint density at radius 2 is 2.14 bits per heavy atom. The lowest BCUT2D eigenvalue weighted by atomic mass is 9.57. The molecule has 1 aromatic heterocycles. The van der Waals surface area contributed by atoms with Gasteiger partial charge in [-0.2, -0.15) is 0 Å². The summed E-state index contributed by atoms with van der Waals surface area (Å²) in [5, 5.41) is 3.97. The Balaban J connectivity index is 1.73. The van der Waals surface area contributed by atoms with Crippen LogP contribution in [0, 0.1) is 23.0 Å². The van der Waals surface area contributed by atoms with Crippen molar-refractivity contribution in [1.29, 1.82) is 0 Å². The Morgan fingerprint density at radius 3 is 2.95 bits per heavy atom. The number of anilines is 1. The summed E-state index contributed by atoms with van der Waals surface area (Å²) in [5.74, 6) is -0.763. The van der Waals surface area contributed by atoms with Crippen LogP contribution in [0.3, 0.4) is 0 Å². The van der Waals surface area contributed by atoms with E-state index in [4.69, 9.17) is 4.74 Å². The monoisotopic (exact) mass is 304 g/mol. The minimum absolute atomic E-state index is 0.00261. The van der Waals surface area contributed by atoms with Gasteiger partial charge in [0.15, 0.2) is 5.82 Å². The SMILES string of the molecule is CC1(C)C(Nc2ccnc3c(F)cc(F)cc23)C2CCOC21. The summed E-state index contributed by atoms with van der Waals surface area (Å²) in [6.45, 7) is 5.13. The zero-order valence-corrected chi connectivity index (χ0v) is 12.6. The van der Waals surface area contributed by atoms with E-state index in [1.807, 2.05) is 0 Å². The Kier molecular flexibility index (Phi) is 2.92. The molecule has 3 nitrogen and oxygen atoms in total. The average molecular weight is 304 g/mol. The first-order chi connectivity index (χ1) is 10.5. The van der Waals surface area contributed by atoms with Gasteiger partial charge in [-0.15, -0.1) is 0 Å². The first kappa shape index (κ1) is 13.9. The van der Waals surface area contributed by atoms with Crippen LogP contribution in [0.15, 0.2) is 24.4 Å². The lowest BCUT2D eigenvalue weighted by Gasteiger charge is -2.55. The number of aromatic nitrogens is 1. The topological polar surface area (TPSA) is 34.2 Å². The smallest absolute Gasteiger partial charge is 0.152 e. The quantitative estimate of drug-likeness (QED) is 0.918. The number of fused-ring (bicyclic) bond motifs is 2. The fourth-order valence-corrected chi connectivity index (χ4v) is 4.09. The van der Waals surface area contributed by atoms with Crippen LogP contribution in [0.25, 0.3) is 10.9 Å². The van der Waals surface area contributed by atoms with E-state index in [2.05, 4.69) is 24.1 Å². The molecule has 0 amide bonds. The van der Waals surface area contributed by atoms with Gasteiger partial charge in [0.05, 0.1) is 6.10 Å². The lowest BCUT2D eigenvalue weighted by Crippen LogP contribution is -2.63. The highest BCUT2D eigenvalue weighted by molar-refractivity contribution is 5.91. The van der Waals surface area contributed by atoms with Crippen LogP contribution in [-0.2, 0) is 4.74 Å². The second-order valence-corrected chi connectivity index (χ2v) is 6.83. The van der Waals surface area contributed by atoms with Crippen LogP contribution in [0.4, 0.5) is 14.5 Å². The van der Waals surface area contributed by atoms with Crippen molar-refractivity contribution in [3.63, 3.8) is 0 Å². The molecule has 1 aliphatic heterocycles. The van der Waals surface area contributed by atoms with E-state index in [1.54, 1.807) is 12.3 Å². The van der Waals surface area contributed by atoms with E-state index in [-0.39, 0.29) is 23.1 Å². The third-order valence-electron chi connectivity index (χ3n) is 5.17. The van der Waals surface area contributed by atoms with E-state index < -0.39 is 11.6 Å². The molecule has 2 aromatic rings. The van der Waals surface area contributed by atoms with E-state index in [9.17, 15) is 8.78 Å². The molecule has 116 valence electrons. The second-order valence-electron chi connectivity index (χ2n) is 6.83. The molecule has 2 aliphatic rings. The number of halogens is 2. The number of hydrogen-bond donors (Lipinski definition) is 1. The second kappa shape index (κ2) is 4.62. The molecule has 3 atom stereocenters. The summed E-state index contributed by atoms with van der Waals surface area (Å²) in [6, 6.07) is 4.22. The van der Waals surface area contributed by atoms with Crippen molar-refractivity contribution >= 4 is 16.6 Å². The van der Waals surface area contributed by atoms with Crippen molar-refractivity contribution in [2.24, 2.45) is 11.3 Å². The zero-order chi connectivity index (χ0) is 15.5.